The van der Waals surface area contributed by atoms with Crippen molar-refractivity contribution in [2.75, 3.05) is 13.2 Å². The summed E-state index contributed by atoms with van der Waals surface area (Å²) in [5, 5.41) is 9.46. The summed E-state index contributed by atoms with van der Waals surface area (Å²) in [4.78, 5) is 0. The van der Waals surface area contributed by atoms with Crippen LogP contribution in [0.25, 0.3) is 0 Å². The predicted octanol–water partition coefficient (Wildman–Crippen LogP) is 3.70. The van der Waals surface area contributed by atoms with E-state index in [9.17, 15) is 5.11 Å². The third-order valence-corrected chi connectivity index (χ3v) is 3.39. The molecule has 0 aliphatic heterocycles. The molecule has 0 bridgehead atoms. The van der Waals surface area contributed by atoms with Crippen molar-refractivity contribution in [3.63, 3.8) is 0 Å². The summed E-state index contributed by atoms with van der Waals surface area (Å²) in [6.45, 7) is 0.940. The minimum Gasteiger partial charge on any atom is -0.494 e. The maximum absolute atomic E-state index is 9.46. The zero-order chi connectivity index (χ0) is 14.0. The molecule has 0 heterocycles. The first kappa shape index (κ1) is 14.6. The molecule has 0 saturated heterocycles. The molecule has 2 heteroatoms. The van der Waals surface area contributed by atoms with E-state index in [4.69, 9.17) is 4.74 Å². The normalized spacial score (nSPS) is 12.1. The first-order valence-electron chi connectivity index (χ1n) is 7.21. The lowest BCUT2D eigenvalue weighted by Gasteiger charge is -2.14. The Hall–Kier alpha value is -1.80. The lowest BCUT2D eigenvalue weighted by atomic mass is 9.96. The Morgan fingerprint density at radius 3 is 2.20 bits per heavy atom. The number of aliphatic hydroxyl groups excluding tert-OH is 1. The number of rotatable bonds is 8. The van der Waals surface area contributed by atoms with Crippen molar-refractivity contribution in [1.82, 2.24) is 0 Å². The molecule has 1 unspecified atom stereocenters. The summed E-state index contributed by atoms with van der Waals surface area (Å²) in [6, 6.07) is 20.2. The molecular formula is C18H22O2. The molecule has 1 N–H and O–H groups in total. The SMILES string of the molecule is OCC(CCCOc1ccccc1)Cc1ccccc1. The third-order valence-electron chi connectivity index (χ3n) is 3.39. The quantitative estimate of drug-likeness (QED) is 0.741. The van der Waals surface area contributed by atoms with Crippen LogP contribution in [-0.2, 0) is 6.42 Å². The molecule has 0 saturated carbocycles. The molecule has 106 valence electrons. The molecule has 0 aromatic heterocycles. The van der Waals surface area contributed by atoms with Gasteiger partial charge in [-0.1, -0.05) is 48.5 Å². The summed E-state index contributed by atoms with van der Waals surface area (Å²) >= 11 is 0. The van der Waals surface area contributed by atoms with Crippen LogP contribution in [0.2, 0.25) is 0 Å². The number of benzene rings is 2. The molecule has 2 rings (SSSR count). The van der Waals surface area contributed by atoms with E-state index in [0.717, 1.165) is 25.0 Å². The minimum absolute atomic E-state index is 0.236. The Kier molecular flexibility index (Phi) is 6.12. The number of hydrogen-bond donors (Lipinski definition) is 1. The molecule has 0 amide bonds. The molecule has 0 radical (unpaired) electrons. The molecule has 0 aliphatic rings. The Bertz CT molecular complexity index is 467. The fourth-order valence-corrected chi connectivity index (χ4v) is 2.28. The number of aliphatic hydroxyl groups is 1. The van der Waals surface area contributed by atoms with Crippen LogP contribution in [0, 0.1) is 5.92 Å². The molecule has 0 fully saturated rings. The fourth-order valence-electron chi connectivity index (χ4n) is 2.28. The zero-order valence-corrected chi connectivity index (χ0v) is 11.7. The highest BCUT2D eigenvalue weighted by Gasteiger charge is 2.08. The van der Waals surface area contributed by atoms with Gasteiger partial charge in [0.05, 0.1) is 6.61 Å². The first-order valence-corrected chi connectivity index (χ1v) is 7.21. The van der Waals surface area contributed by atoms with Crippen molar-refractivity contribution in [2.45, 2.75) is 19.3 Å². The van der Waals surface area contributed by atoms with Crippen LogP contribution in [0.15, 0.2) is 60.7 Å². The predicted molar refractivity (Wildman–Crippen MR) is 81.9 cm³/mol. The summed E-state index contributed by atoms with van der Waals surface area (Å²) in [6.07, 6.45) is 2.88. The molecule has 0 aliphatic carbocycles. The molecule has 20 heavy (non-hydrogen) atoms. The van der Waals surface area contributed by atoms with Gasteiger partial charge in [-0.15, -0.1) is 0 Å². The van der Waals surface area contributed by atoms with Gasteiger partial charge >= 0.3 is 0 Å². The summed E-state index contributed by atoms with van der Waals surface area (Å²) < 4.78 is 5.67. The van der Waals surface area contributed by atoms with Gasteiger partial charge in [0, 0.05) is 6.61 Å². The van der Waals surface area contributed by atoms with E-state index >= 15 is 0 Å². The first-order chi connectivity index (χ1) is 9.88. The van der Waals surface area contributed by atoms with Gasteiger partial charge in [-0.25, -0.2) is 0 Å². The second kappa shape index (κ2) is 8.39. The lowest BCUT2D eigenvalue weighted by molar-refractivity contribution is 0.205. The van der Waals surface area contributed by atoms with Crippen LogP contribution in [-0.4, -0.2) is 18.3 Å². The van der Waals surface area contributed by atoms with Crippen LogP contribution in [0.1, 0.15) is 18.4 Å². The summed E-state index contributed by atoms with van der Waals surface area (Å²) in [7, 11) is 0. The van der Waals surface area contributed by atoms with Crippen molar-refractivity contribution in [3.05, 3.63) is 66.2 Å². The number of ether oxygens (including phenoxy) is 1. The van der Waals surface area contributed by atoms with Crippen LogP contribution < -0.4 is 4.74 Å². The molecule has 2 aromatic carbocycles. The molecular weight excluding hydrogens is 248 g/mol. The van der Waals surface area contributed by atoms with Crippen LogP contribution in [0.4, 0.5) is 0 Å². The molecule has 1 atom stereocenters. The van der Waals surface area contributed by atoms with Crippen molar-refractivity contribution >= 4 is 0 Å². The van der Waals surface area contributed by atoms with Crippen molar-refractivity contribution < 1.29 is 9.84 Å². The molecule has 2 aromatic rings. The average molecular weight is 270 g/mol. The second-order valence-electron chi connectivity index (χ2n) is 5.04. The fraction of sp³-hybridized carbons (Fsp3) is 0.333. The van der Waals surface area contributed by atoms with Crippen LogP contribution in [0.5, 0.6) is 5.75 Å². The Labute approximate surface area is 121 Å². The minimum atomic E-state index is 0.236. The van der Waals surface area contributed by atoms with Gasteiger partial charge in [0.15, 0.2) is 0 Å². The Morgan fingerprint density at radius 1 is 0.900 bits per heavy atom. The maximum atomic E-state index is 9.46. The molecule has 0 spiro atoms. The van der Waals surface area contributed by atoms with Gasteiger partial charge in [-0.2, -0.15) is 0 Å². The van der Waals surface area contributed by atoms with Crippen molar-refractivity contribution in [2.24, 2.45) is 5.92 Å². The van der Waals surface area contributed by atoms with Gasteiger partial charge in [0.25, 0.3) is 0 Å². The average Bonchev–Trinajstić information content (AvgIpc) is 2.52. The zero-order valence-electron chi connectivity index (χ0n) is 11.7. The van der Waals surface area contributed by atoms with E-state index in [1.54, 1.807) is 0 Å². The second-order valence-corrected chi connectivity index (χ2v) is 5.04. The smallest absolute Gasteiger partial charge is 0.119 e. The highest BCUT2D eigenvalue weighted by Crippen LogP contribution is 2.15. The number of para-hydroxylation sites is 1. The van der Waals surface area contributed by atoms with Gasteiger partial charge in [-0.3, -0.25) is 0 Å². The third kappa shape index (κ3) is 5.06. The van der Waals surface area contributed by atoms with Crippen LogP contribution >= 0.6 is 0 Å². The molecule has 2 nitrogen and oxygen atoms in total. The van der Waals surface area contributed by atoms with Gasteiger partial charge < -0.3 is 9.84 Å². The maximum Gasteiger partial charge on any atom is 0.119 e. The number of hydrogen-bond acceptors (Lipinski definition) is 2. The van der Waals surface area contributed by atoms with Crippen molar-refractivity contribution in [1.29, 1.82) is 0 Å². The topological polar surface area (TPSA) is 29.5 Å². The van der Waals surface area contributed by atoms with E-state index in [-0.39, 0.29) is 6.61 Å². The van der Waals surface area contributed by atoms with Gasteiger partial charge in [-0.05, 0) is 42.9 Å². The lowest BCUT2D eigenvalue weighted by Crippen LogP contribution is -2.11. The van der Waals surface area contributed by atoms with E-state index in [1.807, 2.05) is 48.5 Å². The van der Waals surface area contributed by atoms with Crippen LogP contribution in [0.3, 0.4) is 0 Å². The largest absolute Gasteiger partial charge is 0.494 e. The van der Waals surface area contributed by atoms with Crippen molar-refractivity contribution in [3.8, 4) is 5.75 Å². The van der Waals surface area contributed by atoms with E-state index in [0.29, 0.717) is 12.5 Å². The standard InChI is InChI=1S/C18H22O2/c19-15-17(14-16-8-3-1-4-9-16)10-7-13-20-18-11-5-2-6-12-18/h1-6,8-9,11-12,17,19H,7,10,13-15H2. The Morgan fingerprint density at radius 2 is 1.55 bits per heavy atom. The Balaban J connectivity index is 1.69. The highest BCUT2D eigenvalue weighted by atomic mass is 16.5. The van der Waals surface area contributed by atoms with Gasteiger partial charge in [0.2, 0.25) is 0 Å². The summed E-state index contributed by atoms with van der Waals surface area (Å²) in [5.74, 6) is 1.23. The van der Waals surface area contributed by atoms with E-state index in [1.165, 1.54) is 5.56 Å². The van der Waals surface area contributed by atoms with E-state index < -0.39 is 0 Å². The monoisotopic (exact) mass is 270 g/mol. The van der Waals surface area contributed by atoms with Gasteiger partial charge in [0.1, 0.15) is 5.75 Å². The summed E-state index contributed by atoms with van der Waals surface area (Å²) in [5.41, 5.74) is 1.29. The van der Waals surface area contributed by atoms with E-state index in [2.05, 4.69) is 12.1 Å². The highest BCUT2D eigenvalue weighted by molar-refractivity contribution is 5.20.